The smallest absolute Gasteiger partial charge is 0.395 e. The van der Waals surface area contributed by atoms with Crippen LogP contribution in [0, 0.1) is 17.6 Å². The average molecular weight is 905 g/mol. The minimum atomic E-state index is -5.08. The van der Waals surface area contributed by atoms with E-state index in [1.165, 1.54) is 19.2 Å². The van der Waals surface area contributed by atoms with Gasteiger partial charge in [0.2, 0.25) is 15.9 Å². The Morgan fingerprint density at radius 3 is 2.41 bits per heavy atom. The van der Waals surface area contributed by atoms with Gasteiger partial charge in [-0.05, 0) is 48.2 Å². The number of aliphatic imine (C=N–C) groups is 1. The number of halogens is 10. The summed E-state index contributed by atoms with van der Waals surface area (Å²) in [5.74, 6) is -10.1. The maximum Gasteiger partial charge on any atom is 0.430 e. The molecule has 7 rings (SSSR count). The van der Waals surface area contributed by atoms with E-state index >= 15 is 8.78 Å². The number of alkyl halides is 7. The van der Waals surface area contributed by atoms with Gasteiger partial charge in [-0.15, -0.1) is 0 Å². The zero-order chi connectivity index (χ0) is 44.7. The second-order valence-corrected chi connectivity index (χ2v) is 16.5. The molecule has 0 radical (unpaired) electrons. The summed E-state index contributed by atoms with van der Waals surface area (Å²) in [4.78, 5) is 36.6. The molecule has 3 atom stereocenters. The van der Waals surface area contributed by atoms with Gasteiger partial charge in [-0.3, -0.25) is 33.2 Å². The maximum absolute atomic E-state index is 15.4. The molecule has 0 spiro atoms. The van der Waals surface area contributed by atoms with E-state index in [0.717, 1.165) is 40.8 Å². The lowest BCUT2D eigenvalue weighted by molar-refractivity contribution is -0.123. The van der Waals surface area contributed by atoms with Crippen molar-refractivity contribution in [1.29, 1.82) is 0 Å². The summed E-state index contributed by atoms with van der Waals surface area (Å²) in [5, 5.41) is 10.1. The van der Waals surface area contributed by atoms with Crippen LogP contribution in [0.25, 0.3) is 16.6 Å². The van der Waals surface area contributed by atoms with E-state index in [-0.39, 0.29) is 45.0 Å². The molecule has 61 heavy (non-hydrogen) atoms. The minimum absolute atomic E-state index is 0.0588. The molecule has 0 saturated heterocycles. The number of hydrogen-bond acceptors (Lipinski definition) is 9. The number of nitrogens with zero attached hydrogens (tertiary/aromatic N) is 7. The fourth-order valence-corrected chi connectivity index (χ4v) is 8.24. The van der Waals surface area contributed by atoms with Crippen LogP contribution in [0.5, 0.6) is 0 Å². The minimum Gasteiger partial charge on any atom is -0.395 e. The maximum atomic E-state index is 15.4. The van der Waals surface area contributed by atoms with Crippen LogP contribution in [0.1, 0.15) is 58.8 Å². The molecular formula is C36H30ClF9N10O4S. The summed E-state index contributed by atoms with van der Waals surface area (Å²) in [6.45, 7) is -1.12. The Bertz CT molecular complexity index is 2850. The molecule has 0 bridgehead atoms. The van der Waals surface area contributed by atoms with Crippen molar-refractivity contribution in [3.05, 3.63) is 109 Å². The van der Waals surface area contributed by atoms with E-state index in [1.54, 1.807) is 0 Å². The Balaban J connectivity index is 1.45. The number of carbonyl (C=O) groups excluding carboxylic acids is 1. The first-order valence-corrected chi connectivity index (χ1v) is 20.0. The van der Waals surface area contributed by atoms with Crippen LogP contribution in [-0.2, 0) is 40.8 Å². The molecule has 1 fully saturated rings. The van der Waals surface area contributed by atoms with E-state index in [9.17, 15) is 48.7 Å². The zero-order valence-electron chi connectivity index (χ0n) is 31.5. The molecule has 2 aliphatic rings. The molecule has 324 valence electrons. The van der Waals surface area contributed by atoms with Crippen LogP contribution >= 0.6 is 11.6 Å². The first-order valence-electron chi connectivity index (χ1n) is 17.7. The summed E-state index contributed by atoms with van der Waals surface area (Å²) >= 11 is 6.50. The van der Waals surface area contributed by atoms with Gasteiger partial charge in [-0.1, -0.05) is 11.6 Å². The van der Waals surface area contributed by atoms with Gasteiger partial charge in [0, 0.05) is 44.1 Å². The lowest BCUT2D eigenvalue weighted by Crippen LogP contribution is -2.38. The van der Waals surface area contributed by atoms with Gasteiger partial charge in [-0.2, -0.15) is 32.1 Å². The molecule has 2 aromatic carbocycles. The van der Waals surface area contributed by atoms with Gasteiger partial charge < -0.3 is 11.1 Å². The van der Waals surface area contributed by atoms with Crippen LogP contribution in [0.3, 0.4) is 0 Å². The number of amides is 1. The van der Waals surface area contributed by atoms with E-state index in [1.807, 2.05) is 0 Å². The molecule has 3 aromatic heterocycles. The number of carbonyl (C=O) groups is 1. The van der Waals surface area contributed by atoms with Gasteiger partial charge in [0.25, 0.3) is 17.9 Å². The third-order valence-electron chi connectivity index (χ3n) is 9.98. The van der Waals surface area contributed by atoms with Crippen LogP contribution in [-0.4, -0.2) is 68.6 Å². The quantitative estimate of drug-likeness (QED) is 0.105. The summed E-state index contributed by atoms with van der Waals surface area (Å²) in [7, 11) is -1.62. The highest BCUT2D eigenvalue weighted by molar-refractivity contribution is 7.92. The van der Waals surface area contributed by atoms with Crippen molar-refractivity contribution < 1.29 is 52.7 Å². The third-order valence-corrected chi connectivity index (χ3v) is 10.9. The summed E-state index contributed by atoms with van der Waals surface area (Å²) < 4.78 is 158. The second-order valence-electron chi connectivity index (χ2n) is 14.3. The zero-order valence-corrected chi connectivity index (χ0v) is 33.1. The van der Waals surface area contributed by atoms with Crippen molar-refractivity contribution in [3.63, 3.8) is 0 Å². The Morgan fingerprint density at radius 1 is 1.13 bits per heavy atom. The third kappa shape index (κ3) is 8.16. The highest BCUT2D eigenvalue weighted by Gasteiger charge is 2.67. The Kier molecular flexibility index (Phi) is 10.8. The Labute approximate surface area is 342 Å². The fraction of sp³-hybridized carbons (Fsp3) is 0.333. The van der Waals surface area contributed by atoms with Crippen LogP contribution in [0.2, 0.25) is 5.02 Å². The first kappa shape index (κ1) is 43.2. The number of benzene rings is 2. The van der Waals surface area contributed by atoms with Gasteiger partial charge in [-0.25, -0.2) is 31.0 Å². The molecule has 3 heterocycles. The van der Waals surface area contributed by atoms with E-state index in [4.69, 9.17) is 17.3 Å². The number of sulfonamides is 1. The van der Waals surface area contributed by atoms with E-state index in [0.29, 0.717) is 16.8 Å². The Morgan fingerprint density at radius 2 is 1.80 bits per heavy atom. The standard InChI is InChI=1S/C36H30ClF9N10O4S/c1-48-20(11-24(47)36(44,45)46)21-12-26(58)56(23-5-4-19(37)28-30(23)54(2)52-33(28)53-61(3,59)60)34(50-21)22(8-14-6-15(38)9-16(39)7-14)49-25(57)13-55-31-27(29(51-55)32(40)41)17-10-18(17)35(31,42)43/h4-7,9,11-12,17-18,22,32H,8,10,13,47H2,1-3H3,(H,49,57)(H,52,53)/t17-,18+,22-/m0/s1. The largest absolute Gasteiger partial charge is 0.430 e. The highest BCUT2D eigenvalue weighted by Crippen LogP contribution is 2.68. The number of rotatable bonds is 12. The van der Waals surface area contributed by atoms with Crippen LogP contribution in [0.15, 0.2) is 58.0 Å². The normalized spacial score (nSPS) is 18.1. The van der Waals surface area contributed by atoms with Crippen molar-refractivity contribution in [2.45, 2.75) is 49.9 Å². The molecule has 1 amide bonds. The SMILES string of the molecule is CN=C(C=C(N)C(F)(F)F)c1cc(=O)n(-c2ccc(Cl)c3c(NS(C)(=O)=O)nn(C)c23)c([C@H](Cc2cc(F)cc(F)c2)NC(=O)Cn2nc(C(F)F)c3c2C(F)(F)[C@@H]2C[C@H]32)n1. The van der Waals surface area contributed by atoms with Gasteiger partial charge >= 0.3 is 6.18 Å². The summed E-state index contributed by atoms with van der Waals surface area (Å²) in [5.41, 5.74) is -1.35. The number of nitrogens with one attached hydrogen (secondary N) is 2. The summed E-state index contributed by atoms with van der Waals surface area (Å²) in [6, 6.07) is 3.63. The number of allylic oxidation sites excluding steroid dienone is 2. The van der Waals surface area contributed by atoms with Crippen molar-refractivity contribution in [2.75, 3.05) is 18.0 Å². The van der Waals surface area contributed by atoms with Crippen molar-refractivity contribution in [1.82, 2.24) is 34.4 Å². The first-order chi connectivity index (χ1) is 28.4. The molecule has 14 nitrogen and oxygen atoms in total. The Hall–Kier alpha value is -5.91. The predicted molar refractivity (Wildman–Crippen MR) is 201 cm³/mol. The second kappa shape index (κ2) is 15.2. The number of anilines is 1. The number of nitrogens with two attached hydrogens (primary N) is 1. The van der Waals surface area contributed by atoms with Crippen molar-refractivity contribution >= 4 is 50.0 Å². The van der Waals surface area contributed by atoms with Crippen molar-refractivity contribution in [3.8, 4) is 5.69 Å². The van der Waals surface area contributed by atoms with E-state index in [2.05, 4.69) is 30.2 Å². The lowest BCUT2D eigenvalue weighted by atomic mass is 10.0. The molecule has 2 aliphatic carbocycles. The van der Waals surface area contributed by atoms with Crippen LogP contribution < -0.4 is 21.3 Å². The number of hydrogen-bond donors (Lipinski definition) is 3. The molecule has 0 unspecified atom stereocenters. The molecule has 1 saturated carbocycles. The number of aromatic nitrogens is 6. The van der Waals surface area contributed by atoms with Crippen LogP contribution in [0.4, 0.5) is 45.3 Å². The topological polar surface area (TPSA) is 184 Å². The summed E-state index contributed by atoms with van der Waals surface area (Å²) in [6.07, 6.45) is -7.92. The monoisotopic (exact) mass is 904 g/mol. The van der Waals surface area contributed by atoms with Gasteiger partial charge in [0.1, 0.15) is 41.1 Å². The van der Waals surface area contributed by atoms with E-state index < -0.39 is 117 Å². The van der Waals surface area contributed by atoms with Gasteiger partial charge in [0.15, 0.2) is 5.82 Å². The molecular weight excluding hydrogens is 875 g/mol. The fourth-order valence-electron chi connectivity index (χ4n) is 7.50. The lowest BCUT2D eigenvalue weighted by Gasteiger charge is -2.24. The molecule has 5 aromatic rings. The predicted octanol–water partition coefficient (Wildman–Crippen LogP) is 5.69. The average Bonchev–Trinajstić information content (AvgIpc) is 3.68. The molecule has 25 heteroatoms. The molecule has 0 aliphatic heterocycles. The number of fused-ring (bicyclic) bond motifs is 4. The van der Waals surface area contributed by atoms with Gasteiger partial charge in [0.05, 0.1) is 45.3 Å². The highest BCUT2D eigenvalue weighted by atomic mass is 35.5. The number of aryl methyl sites for hydroxylation is 1. The molecule has 4 N–H and O–H groups in total. The van der Waals surface area contributed by atoms with Crippen molar-refractivity contribution in [2.24, 2.45) is 23.7 Å².